The Kier molecular flexibility index (Phi) is 4.74. The molecule has 1 atom stereocenters. The van der Waals surface area contributed by atoms with Gasteiger partial charge in [-0.2, -0.15) is 0 Å². The molecule has 2 N–H and O–H groups in total. The molecule has 0 spiro atoms. The lowest BCUT2D eigenvalue weighted by molar-refractivity contribution is -0.115. The second kappa shape index (κ2) is 6.52. The number of phenols is 1. The number of carbonyl (C=O) groups excluding carboxylic acids is 1. The summed E-state index contributed by atoms with van der Waals surface area (Å²) in [7, 11) is 0. The van der Waals surface area contributed by atoms with Gasteiger partial charge in [0.15, 0.2) is 0 Å². The smallest absolute Gasteiger partial charge is 0.238 e. The molecule has 2 aromatic carbocycles. The molecule has 0 bridgehead atoms. The van der Waals surface area contributed by atoms with E-state index in [9.17, 15) is 14.3 Å². The van der Waals surface area contributed by atoms with Crippen molar-refractivity contribution in [2.75, 3.05) is 5.32 Å². The maximum atomic E-state index is 13.5. The van der Waals surface area contributed by atoms with Crippen LogP contribution in [0, 0.1) is 5.82 Å². The number of alkyl halides is 1. The van der Waals surface area contributed by atoms with E-state index in [1.165, 1.54) is 18.2 Å². The van der Waals surface area contributed by atoms with Gasteiger partial charge in [-0.15, -0.1) is 0 Å². The van der Waals surface area contributed by atoms with Gasteiger partial charge in [-0.3, -0.25) is 4.79 Å². The summed E-state index contributed by atoms with van der Waals surface area (Å²) in [6, 6.07) is 12.6. The summed E-state index contributed by atoms with van der Waals surface area (Å²) in [6.45, 7) is 0. The lowest BCUT2D eigenvalue weighted by Crippen LogP contribution is -2.25. The topological polar surface area (TPSA) is 49.3 Å². The summed E-state index contributed by atoms with van der Waals surface area (Å²) in [5, 5.41) is 12.0. The first kappa shape index (κ1) is 14.5. The standard InChI is InChI=1S/C15H13BrFNO2/c16-13(8-10-4-1-2-7-14(10)17)15(20)18-11-5-3-6-12(19)9-11/h1-7,9,13,19H,8H2,(H,18,20). The van der Waals surface area contributed by atoms with E-state index in [0.29, 0.717) is 11.3 Å². The van der Waals surface area contributed by atoms with Crippen LogP contribution in [0.3, 0.4) is 0 Å². The third-order valence-electron chi connectivity index (χ3n) is 2.76. The van der Waals surface area contributed by atoms with Crippen LogP contribution in [0.2, 0.25) is 0 Å². The summed E-state index contributed by atoms with van der Waals surface area (Å²) < 4.78 is 13.5. The summed E-state index contributed by atoms with van der Waals surface area (Å²) >= 11 is 3.25. The zero-order chi connectivity index (χ0) is 14.5. The fourth-order valence-electron chi connectivity index (χ4n) is 1.75. The van der Waals surface area contributed by atoms with Crippen molar-refractivity contribution in [2.45, 2.75) is 11.2 Å². The fraction of sp³-hybridized carbons (Fsp3) is 0.133. The largest absolute Gasteiger partial charge is 0.508 e. The predicted molar refractivity (Wildman–Crippen MR) is 79.6 cm³/mol. The Bertz CT molecular complexity index is 618. The Morgan fingerprint density at radius 3 is 2.70 bits per heavy atom. The van der Waals surface area contributed by atoms with Crippen molar-refractivity contribution in [2.24, 2.45) is 0 Å². The number of benzene rings is 2. The Morgan fingerprint density at radius 1 is 1.25 bits per heavy atom. The molecule has 0 aliphatic heterocycles. The van der Waals surface area contributed by atoms with Gasteiger partial charge in [0.1, 0.15) is 11.6 Å². The van der Waals surface area contributed by atoms with Crippen molar-refractivity contribution in [3.8, 4) is 5.75 Å². The average molecular weight is 338 g/mol. The van der Waals surface area contributed by atoms with E-state index in [4.69, 9.17) is 0 Å². The average Bonchev–Trinajstić information content (AvgIpc) is 2.41. The minimum absolute atomic E-state index is 0.0722. The van der Waals surface area contributed by atoms with E-state index in [1.54, 1.807) is 30.3 Å². The predicted octanol–water partition coefficient (Wildman–Crippen LogP) is 3.48. The third kappa shape index (κ3) is 3.81. The molecule has 1 unspecified atom stereocenters. The molecule has 2 aromatic rings. The number of anilines is 1. The molecular weight excluding hydrogens is 325 g/mol. The van der Waals surface area contributed by atoms with Gasteiger partial charge in [0.2, 0.25) is 5.91 Å². The molecule has 3 nitrogen and oxygen atoms in total. The molecule has 5 heteroatoms. The van der Waals surface area contributed by atoms with Crippen molar-refractivity contribution < 1.29 is 14.3 Å². The lowest BCUT2D eigenvalue weighted by atomic mass is 10.1. The van der Waals surface area contributed by atoms with Crippen LogP contribution in [0.25, 0.3) is 0 Å². The van der Waals surface area contributed by atoms with E-state index in [2.05, 4.69) is 21.2 Å². The molecule has 20 heavy (non-hydrogen) atoms. The SMILES string of the molecule is O=C(Nc1cccc(O)c1)C(Br)Cc1ccccc1F. The maximum absolute atomic E-state index is 13.5. The zero-order valence-electron chi connectivity index (χ0n) is 10.5. The van der Waals surface area contributed by atoms with Gasteiger partial charge in [0.25, 0.3) is 0 Å². The fourth-order valence-corrected chi connectivity index (χ4v) is 2.22. The number of carbonyl (C=O) groups is 1. The van der Waals surface area contributed by atoms with Crippen LogP contribution in [0.15, 0.2) is 48.5 Å². The van der Waals surface area contributed by atoms with Gasteiger partial charge in [-0.25, -0.2) is 4.39 Å². The van der Waals surface area contributed by atoms with Gasteiger partial charge < -0.3 is 10.4 Å². The number of nitrogens with one attached hydrogen (secondary N) is 1. The maximum Gasteiger partial charge on any atom is 0.238 e. The molecule has 0 aliphatic carbocycles. The zero-order valence-corrected chi connectivity index (χ0v) is 12.1. The molecule has 0 aliphatic rings. The number of hydrogen-bond acceptors (Lipinski definition) is 2. The molecule has 0 saturated carbocycles. The summed E-state index contributed by atoms with van der Waals surface area (Å²) in [5.74, 6) is -0.552. The third-order valence-corrected chi connectivity index (χ3v) is 3.49. The number of aromatic hydroxyl groups is 1. The summed E-state index contributed by atoms with van der Waals surface area (Å²) in [4.78, 5) is 11.4. The first-order valence-electron chi connectivity index (χ1n) is 6.03. The minimum atomic E-state index is -0.554. The molecule has 2 rings (SSSR count). The Labute approximate surface area is 124 Å². The molecule has 0 heterocycles. The van der Waals surface area contributed by atoms with Gasteiger partial charge >= 0.3 is 0 Å². The van der Waals surface area contributed by atoms with Crippen LogP contribution in [-0.4, -0.2) is 15.8 Å². The minimum Gasteiger partial charge on any atom is -0.508 e. The first-order chi connectivity index (χ1) is 9.56. The normalized spacial score (nSPS) is 11.9. The Morgan fingerprint density at radius 2 is 2.00 bits per heavy atom. The number of hydrogen-bond donors (Lipinski definition) is 2. The van der Waals surface area contributed by atoms with Crippen LogP contribution in [0.4, 0.5) is 10.1 Å². The van der Waals surface area contributed by atoms with E-state index >= 15 is 0 Å². The van der Waals surface area contributed by atoms with Gasteiger partial charge in [0.05, 0.1) is 4.83 Å². The van der Waals surface area contributed by atoms with E-state index in [0.717, 1.165) is 0 Å². The molecule has 0 saturated heterocycles. The second-order valence-electron chi connectivity index (χ2n) is 4.30. The number of amides is 1. The van der Waals surface area contributed by atoms with E-state index < -0.39 is 4.83 Å². The highest BCUT2D eigenvalue weighted by Gasteiger charge is 2.17. The first-order valence-corrected chi connectivity index (χ1v) is 6.95. The van der Waals surface area contributed by atoms with Crippen LogP contribution < -0.4 is 5.32 Å². The quantitative estimate of drug-likeness (QED) is 0.839. The number of rotatable bonds is 4. The van der Waals surface area contributed by atoms with Crippen molar-refractivity contribution in [1.82, 2.24) is 0 Å². The van der Waals surface area contributed by atoms with E-state index in [1.807, 2.05) is 0 Å². The molecular formula is C15H13BrFNO2. The molecule has 0 radical (unpaired) electrons. The van der Waals surface area contributed by atoms with Crippen LogP contribution >= 0.6 is 15.9 Å². The van der Waals surface area contributed by atoms with E-state index in [-0.39, 0.29) is 23.9 Å². The second-order valence-corrected chi connectivity index (χ2v) is 5.41. The summed E-state index contributed by atoms with van der Waals surface area (Å²) in [6.07, 6.45) is 0.247. The highest BCUT2D eigenvalue weighted by molar-refractivity contribution is 9.10. The van der Waals surface area contributed by atoms with Gasteiger partial charge in [0, 0.05) is 11.8 Å². The molecule has 0 fully saturated rings. The van der Waals surface area contributed by atoms with Crippen molar-refractivity contribution in [3.05, 3.63) is 59.9 Å². The highest BCUT2D eigenvalue weighted by Crippen LogP contribution is 2.18. The Hall–Kier alpha value is -1.88. The lowest BCUT2D eigenvalue weighted by Gasteiger charge is -2.11. The van der Waals surface area contributed by atoms with Crippen molar-refractivity contribution in [3.63, 3.8) is 0 Å². The monoisotopic (exact) mass is 337 g/mol. The van der Waals surface area contributed by atoms with Gasteiger partial charge in [-0.05, 0) is 30.2 Å². The Balaban J connectivity index is 2.01. The van der Waals surface area contributed by atoms with Gasteiger partial charge in [-0.1, -0.05) is 40.2 Å². The van der Waals surface area contributed by atoms with Crippen LogP contribution in [0.1, 0.15) is 5.56 Å². The number of halogens is 2. The van der Waals surface area contributed by atoms with Crippen molar-refractivity contribution >= 4 is 27.5 Å². The van der Waals surface area contributed by atoms with Crippen molar-refractivity contribution in [1.29, 1.82) is 0 Å². The molecule has 0 aromatic heterocycles. The number of phenolic OH excluding ortho intramolecular Hbond substituents is 1. The van der Waals surface area contributed by atoms with Crippen LogP contribution in [-0.2, 0) is 11.2 Å². The molecule has 104 valence electrons. The highest BCUT2D eigenvalue weighted by atomic mass is 79.9. The molecule has 1 amide bonds. The summed E-state index contributed by atoms with van der Waals surface area (Å²) in [5.41, 5.74) is 0.966. The van der Waals surface area contributed by atoms with Crippen LogP contribution in [0.5, 0.6) is 5.75 Å².